The average molecular weight is 652 g/mol. The van der Waals surface area contributed by atoms with Crippen molar-refractivity contribution in [2.75, 3.05) is 69.0 Å². The maximum atomic E-state index is 13.2. The minimum atomic E-state index is -0.131. The second-order valence-corrected chi connectivity index (χ2v) is 11.7. The maximum absolute atomic E-state index is 13.2. The number of benzene rings is 3. The van der Waals surface area contributed by atoms with Crippen LogP contribution in [0.15, 0.2) is 54.6 Å². The third kappa shape index (κ3) is 10.3. The van der Waals surface area contributed by atoms with E-state index in [1.807, 2.05) is 25.0 Å². The molecule has 0 bridgehead atoms. The quantitative estimate of drug-likeness (QED) is 0.285. The van der Waals surface area contributed by atoms with E-state index in [9.17, 15) is 9.90 Å². The van der Waals surface area contributed by atoms with Gasteiger partial charge < -0.3 is 48.7 Å². The molecule has 1 amide bonds. The number of carbonyl (C=O) groups excluding carboxylic acids is 2. The molecule has 0 aromatic heterocycles. The van der Waals surface area contributed by atoms with Gasteiger partial charge in [-0.15, -0.1) is 0 Å². The van der Waals surface area contributed by atoms with Crippen molar-refractivity contribution < 1.29 is 38.4 Å². The van der Waals surface area contributed by atoms with E-state index in [0.717, 1.165) is 56.0 Å². The number of amides is 1. The molecule has 2 aliphatic rings. The van der Waals surface area contributed by atoms with E-state index in [0.29, 0.717) is 23.7 Å². The summed E-state index contributed by atoms with van der Waals surface area (Å²) in [7, 11) is 11.0. The van der Waals surface area contributed by atoms with Crippen LogP contribution < -0.4 is 24.3 Å². The lowest BCUT2D eigenvalue weighted by molar-refractivity contribution is -0.0980. The molecular weight excluding hydrogens is 602 g/mol. The largest absolute Gasteiger partial charge is 0.502 e. The number of rotatable bonds is 12. The minimum absolute atomic E-state index is 0.0394. The summed E-state index contributed by atoms with van der Waals surface area (Å²) in [5.74, 6) is 2.55. The molecule has 1 aliphatic heterocycles. The number of ether oxygens (including phenoxy) is 5. The van der Waals surface area contributed by atoms with E-state index in [1.165, 1.54) is 25.3 Å². The van der Waals surface area contributed by atoms with Crippen LogP contribution in [-0.4, -0.2) is 96.6 Å². The van der Waals surface area contributed by atoms with Gasteiger partial charge in [0.2, 0.25) is 12.5 Å². The minimum Gasteiger partial charge on any atom is -0.502 e. The zero-order valence-corrected chi connectivity index (χ0v) is 28.4. The number of phenols is 1. The molecule has 2 N–H and O–H groups in total. The Morgan fingerprint density at radius 2 is 1.60 bits per heavy atom. The number of fused-ring (bicyclic) bond motifs is 2. The summed E-state index contributed by atoms with van der Waals surface area (Å²) in [5, 5.41) is 12.6. The summed E-state index contributed by atoms with van der Waals surface area (Å²) in [6, 6.07) is 17.0. The summed E-state index contributed by atoms with van der Waals surface area (Å²) >= 11 is 0. The Morgan fingerprint density at radius 3 is 2.19 bits per heavy atom. The van der Waals surface area contributed by atoms with Crippen molar-refractivity contribution in [2.24, 2.45) is 5.92 Å². The van der Waals surface area contributed by atoms with Crippen molar-refractivity contribution in [2.45, 2.75) is 31.8 Å². The van der Waals surface area contributed by atoms with Crippen LogP contribution in [0.4, 0.5) is 0 Å². The molecule has 0 spiro atoms. The summed E-state index contributed by atoms with van der Waals surface area (Å²) in [6.45, 7) is 5.83. The van der Waals surface area contributed by atoms with Gasteiger partial charge in [0.1, 0.15) is 6.79 Å². The monoisotopic (exact) mass is 651 g/mol. The van der Waals surface area contributed by atoms with Crippen LogP contribution in [0.1, 0.15) is 45.9 Å². The fraction of sp³-hybridized carbons (Fsp3) is 0.444. The van der Waals surface area contributed by atoms with Gasteiger partial charge in [-0.25, -0.2) is 0 Å². The van der Waals surface area contributed by atoms with Gasteiger partial charge in [-0.3, -0.25) is 4.79 Å². The van der Waals surface area contributed by atoms with E-state index in [4.69, 9.17) is 28.5 Å². The SMILES string of the molecule is C=O.COCC1CCc2cc3c(cc2C1NC(=O)c1ccc(CN(C)CCCN(C)C)cc1)OCO3.COc1cccc(OC)c1O. The van der Waals surface area contributed by atoms with E-state index < -0.39 is 0 Å². The standard InChI is InChI=1S/C27H37N3O4.C8H10O3.CH2O/c1-29(2)12-5-13-30(3)16-19-6-8-20(9-7-19)27(31)28-26-22(17-32-4)11-10-21-14-24-25(15-23(21)26)34-18-33-24;1-10-6-4-3-5-7(11-2)8(6)9;1-2/h6-9,14-15,22,26H,5,10-13,16-18H2,1-4H3,(H,28,31);3-5,9H,1-2H3;1H2. The van der Waals surface area contributed by atoms with Gasteiger partial charge in [-0.1, -0.05) is 18.2 Å². The lowest BCUT2D eigenvalue weighted by Gasteiger charge is -2.34. The second kappa shape index (κ2) is 18.7. The Bertz CT molecular complexity index is 1390. The van der Waals surface area contributed by atoms with Gasteiger partial charge in [-0.05, 0) is 107 Å². The Kier molecular flexibility index (Phi) is 14.8. The molecule has 2 atom stereocenters. The Labute approximate surface area is 278 Å². The lowest BCUT2D eigenvalue weighted by atomic mass is 9.79. The number of methoxy groups -OCH3 is 3. The first-order chi connectivity index (χ1) is 22.7. The fourth-order valence-electron chi connectivity index (χ4n) is 5.72. The molecule has 0 saturated carbocycles. The number of hydrogen-bond acceptors (Lipinski definition) is 10. The molecule has 3 aromatic rings. The molecule has 1 aliphatic carbocycles. The Balaban J connectivity index is 0.000000389. The van der Waals surface area contributed by atoms with E-state index in [2.05, 4.69) is 54.5 Å². The zero-order valence-electron chi connectivity index (χ0n) is 28.4. The van der Waals surface area contributed by atoms with E-state index in [-0.39, 0.29) is 30.4 Å². The molecule has 47 heavy (non-hydrogen) atoms. The van der Waals surface area contributed by atoms with Crippen molar-refractivity contribution in [3.8, 4) is 28.7 Å². The highest BCUT2D eigenvalue weighted by Crippen LogP contribution is 2.42. The number of aromatic hydroxyl groups is 1. The predicted molar refractivity (Wildman–Crippen MR) is 181 cm³/mol. The molecule has 256 valence electrons. The summed E-state index contributed by atoms with van der Waals surface area (Å²) < 4.78 is 26.4. The summed E-state index contributed by atoms with van der Waals surface area (Å²) in [5.41, 5.74) is 4.18. The van der Waals surface area contributed by atoms with E-state index >= 15 is 0 Å². The van der Waals surface area contributed by atoms with Gasteiger partial charge in [0, 0.05) is 25.1 Å². The highest BCUT2D eigenvalue weighted by Gasteiger charge is 2.33. The molecule has 11 nitrogen and oxygen atoms in total. The van der Waals surface area contributed by atoms with Crippen molar-refractivity contribution in [1.29, 1.82) is 0 Å². The van der Waals surface area contributed by atoms with Crippen LogP contribution in [0.3, 0.4) is 0 Å². The van der Waals surface area contributed by atoms with Crippen molar-refractivity contribution in [3.63, 3.8) is 0 Å². The molecule has 0 fully saturated rings. The lowest BCUT2D eigenvalue weighted by Crippen LogP contribution is -2.38. The summed E-state index contributed by atoms with van der Waals surface area (Å²) in [6.07, 6.45) is 3.02. The van der Waals surface area contributed by atoms with Crippen LogP contribution in [0, 0.1) is 5.92 Å². The maximum Gasteiger partial charge on any atom is 0.251 e. The topological polar surface area (TPSA) is 119 Å². The molecule has 2 unspecified atom stereocenters. The number of hydrogen-bond donors (Lipinski definition) is 2. The molecule has 0 saturated heterocycles. The zero-order chi connectivity index (χ0) is 34.3. The van der Waals surface area contributed by atoms with Crippen LogP contribution >= 0.6 is 0 Å². The fourth-order valence-corrected chi connectivity index (χ4v) is 5.72. The van der Waals surface area contributed by atoms with Gasteiger partial charge in [-0.2, -0.15) is 0 Å². The highest BCUT2D eigenvalue weighted by molar-refractivity contribution is 5.94. The van der Waals surface area contributed by atoms with Crippen molar-refractivity contribution >= 4 is 12.7 Å². The van der Waals surface area contributed by atoms with Gasteiger partial charge >= 0.3 is 0 Å². The first-order valence-corrected chi connectivity index (χ1v) is 15.6. The van der Waals surface area contributed by atoms with E-state index in [1.54, 1.807) is 25.3 Å². The highest BCUT2D eigenvalue weighted by atomic mass is 16.7. The summed E-state index contributed by atoms with van der Waals surface area (Å²) in [4.78, 5) is 25.7. The molecule has 11 heteroatoms. The first-order valence-electron chi connectivity index (χ1n) is 15.6. The van der Waals surface area contributed by atoms with Gasteiger partial charge in [0.15, 0.2) is 23.0 Å². The smallest absolute Gasteiger partial charge is 0.251 e. The number of aryl methyl sites for hydroxylation is 1. The van der Waals surface area contributed by atoms with Crippen LogP contribution in [-0.2, 0) is 22.5 Å². The predicted octanol–water partition coefficient (Wildman–Crippen LogP) is 4.70. The van der Waals surface area contributed by atoms with Crippen LogP contribution in [0.25, 0.3) is 0 Å². The first kappa shape index (κ1) is 37.1. The second-order valence-electron chi connectivity index (χ2n) is 11.7. The Morgan fingerprint density at radius 1 is 0.957 bits per heavy atom. The van der Waals surface area contributed by atoms with Crippen LogP contribution in [0.2, 0.25) is 0 Å². The third-order valence-electron chi connectivity index (χ3n) is 8.11. The number of phenolic OH excluding ortho intramolecular Hbond substituents is 1. The normalized spacial score (nSPS) is 15.9. The Hall–Kier alpha value is -4.32. The van der Waals surface area contributed by atoms with Gasteiger partial charge in [0.05, 0.1) is 26.9 Å². The van der Waals surface area contributed by atoms with Crippen molar-refractivity contribution in [3.05, 3.63) is 76.9 Å². The third-order valence-corrected chi connectivity index (χ3v) is 8.11. The number of nitrogens with zero attached hydrogens (tertiary/aromatic N) is 2. The van der Waals surface area contributed by atoms with Crippen molar-refractivity contribution in [1.82, 2.24) is 15.1 Å². The number of para-hydroxylation sites is 1. The molecule has 3 aromatic carbocycles. The molecule has 5 rings (SSSR count). The molecule has 1 heterocycles. The molecular formula is C36H49N3O8. The average Bonchev–Trinajstić information content (AvgIpc) is 3.54. The van der Waals surface area contributed by atoms with Crippen LogP contribution in [0.5, 0.6) is 28.7 Å². The number of nitrogens with one attached hydrogen (secondary N) is 1. The molecule has 0 radical (unpaired) electrons. The van der Waals surface area contributed by atoms with Gasteiger partial charge in [0.25, 0.3) is 5.91 Å². The number of carbonyl (C=O) groups is 2.